The predicted octanol–water partition coefficient (Wildman–Crippen LogP) is 14.6. The van der Waals surface area contributed by atoms with Crippen LogP contribution in [-0.4, -0.2) is 4.57 Å². The van der Waals surface area contributed by atoms with E-state index in [-0.39, 0.29) is 5.41 Å². The molecule has 0 unspecified atom stereocenters. The topological polar surface area (TPSA) is 8.17 Å². The summed E-state index contributed by atoms with van der Waals surface area (Å²) in [5, 5.41) is 5.14. The van der Waals surface area contributed by atoms with E-state index in [1.807, 2.05) is 11.3 Å². The summed E-state index contributed by atoms with van der Waals surface area (Å²) in [5.41, 5.74) is 14.8. The van der Waals surface area contributed by atoms with E-state index in [4.69, 9.17) is 0 Å². The fraction of sp³-hybridized carbons (Fsp3) is 0.0588. The van der Waals surface area contributed by atoms with Gasteiger partial charge in [-0.2, -0.15) is 0 Å². The van der Waals surface area contributed by atoms with Crippen LogP contribution in [0.2, 0.25) is 0 Å². The fourth-order valence-corrected chi connectivity index (χ4v) is 10.3. The van der Waals surface area contributed by atoms with Crippen LogP contribution in [0.1, 0.15) is 25.0 Å². The lowest BCUT2D eigenvalue weighted by Gasteiger charge is -2.28. The number of aromatic nitrogens is 1. The Bertz CT molecular complexity index is 3030. The number of hydrogen-bond acceptors (Lipinski definition) is 2. The number of hydrogen-bond donors (Lipinski definition) is 0. The minimum atomic E-state index is -0.0996. The van der Waals surface area contributed by atoms with E-state index in [0.29, 0.717) is 0 Å². The maximum Gasteiger partial charge on any atom is 0.0640 e. The Balaban J connectivity index is 1.09. The number of fused-ring (bicyclic) bond motifs is 9. The Morgan fingerprint density at radius 2 is 1.06 bits per heavy atom. The summed E-state index contributed by atoms with van der Waals surface area (Å²) in [7, 11) is 0. The van der Waals surface area contributed by atoms with Gasteiger partial charge in [0, 0.05) is 48.6 Å². The first kappa shape index (κ1) is 31.1. The molecule has 1 aliphatic carbocycles. The molecular formula is C51H36N2S. The lowest BCUT2D eigenvalue weighted by Crippen LogP contribution is -2.16. The van der Waals surface area contributed by atoms with Crippen molar-refractivity contribution in [2.75, 3.05) is 4.90 Å². The van der Waals surface area contributed by atoms with Crippen LogP contribution in [0.25, 0.3) is 69.9 Å². The van der Waals surface area contributed by atoms with E-state index < -0.39 is 0 Å². The molecule has 0 amide bonds. The number of nitrogens with zero attached hydrogens (tertiary/aromatic N) is 2. The average molecular weight is 709 g/mol. The minimum absolute atomic E-state index is 0.0996. The highest BCUT2D eigenvalue weighted by Gasteiger charge is 2.36. The van der Waals surface area contributed by atoms with Gasteiger partial charge in [-0.1, -0.05) is 141 Å². The van der Waals surface area contributed by atoms with E-state index in [2.05, 4.69) is 205 Å². The van der Waals surface area contributed by atoms with Crippen LogP contribution in [0.4, 0.5) is 17.1 Å². The molecule has 2 heterocycles. The van der Waals surface area contributed by atoms with Crippen molar-refractivity contribution in [3.05, 3.63) is 193 Å². The summed E-state index contributed by atoms with van der Waals surface area (Å²) in [6.45, 7) is 4.73. The van der Waals surface area contributed by atoms with Crippen molar-refractivity contribution in [1.29, 1.82) is 0 Å². The summed E-state index contributed by atoms with van der Waals surface area (Å²) in [4.78, 5) is 2.47. The highest BCUT2D eigenvalue weighted by Crippen LogP contribution is 2.52. The van der Waals surface area contributed by atoms with E-state index in [1.54, 1.807) is 0 Å². The Labute approximate surface area is 318 Å². The zero-order valence-corrected chi connectivity index (χ0v) is 30.9. The van der Waals surface area contributed by atoms with Gasteiger partial charge in [0.05, 0.1) is 27.1 Å². The summed E-state index contributed by atoms with van der Waals surface area (Å²) in [5.74, 6) is 0. The molecule has 0 radical (unpaired) electrons. The third kappa shape index (κ3) is 4.52. The Hall–Kier alpha value is -6.42. The molecule has 0 saturated heterocycles. The number of benzene rings is 8. The molecule has 3 heteroatoms. The van der Waals surface area contributed by atoms with E-state index in [9.17, 15) is 0 Å². The van der Waals surface area contributed by atoms with Gasteiger partial charge in [-0.15, -0.1) is 11.3 Å². The first-order valence-corrected chi connectivity index (χ1v) is 19.5. The summed E-state index contributed by atoms with van der Waals surface area (Å²) < 4.78 is 5.03. The highest BCUT2D eigenvalue weighted by molar-refractivity contribution is 7.26. The summed E-state index contributed by atoms with van der Waals surface area (Å²) in [6, 6.07) is 67.0. The zero-order chi connectivity index (χ0) is 36.0. The smallest absolute Gasteiger partial charge is 0.0640 e. The zero-order valence-electron chi connectivity index (χ0n) is 30.1. The number of rotatable bonds is 5. The number of anilines is 3. The lowest BCUT2D eigenvalue weighted by atomic mass is 9.82. The average Bonchev–Trinajstić information content (AvgIpc) is 3.85. The molecule has 8 aromatic carbocycles. The second-order valence-electron chi connectivity index (χ2n) is 14.9. The first-order valence-electron chi connectivity index (χ1n) is 18.7. The van der Waals surface area contributed by atoms with Gasteiger partial charge in [0.15, 0.2) is 0 Å². The van der Waals surface area contributed by atoms with Crippen LogP contribution >= 0.6 is 11.3 Å². The van der Waals surface area contributed by atoms with Gasteiger partial charge < -0.3 is 9.47 Å². The molecule has 0 aliphatic heterocycles. The maximum atomic E-state index is 2.47. The van der Waals surface area contributed by atoms with Crippen LogP contribution in [0, 0.1) is 0 Å². The van der Waals surface area contributed by atoms with Gasteiger partial charge in [-0.3, -0.25) is 0 Å². The van der Waals surface area contributed by atoms with Gasteiger partial charge in [-0.25, -0.2) is 0 Å². The molecule has 256 valence electrons. The monoisotopic (exact) mass is 708 g/mol. The molecule has 11 rings (SSSR count). The van der Waals surface area contributed by atoms with Crippen molar-refractivity contribution in [3.63, 3.8) is 0 Å². The third-order valence-corrected chi connectivity index (χ3v) is 12.8. The predicted molar refractivity (Wildman–Crippen MR) is 231 cm³/mol. The fourth-order valence-electron chi connectivity index (χ4n) is 9.05. The van der Waals surface area contributed by atoms with Gasteiger partial charge in [0.25, 0.3) is 0 Å². The number of thiophene rings is 1. The molecule has 1 aliphatic rings. The van der Waals surface area contributed by atoms with E-state index in [0.717, 1.165) is 11.4 Å². The molecule has 0 bridgehead atoms. The molecule has 2 nitrogen and oxygen atoms in total. The Kier molecular flexibility index (Phi) is 6.80. The van der Waals surface area contributed by atoms with Crippen molar-refractivity contribution in [2.45, 2.75) is 19.3 Å². The van der Waals surface area contributed by atoms with Gasteiger partial charge in [0.2, 0.25) is 0 Å². The largest absolute Gasteiger partial charge is 0.309 e. The standard InChI is InChI=1S/C51H36N2S/c1-51(2)43-20-8-3-15-37(43)38-31-30-35(32-44(38)51)52(48-24-13-19-42-41-18-7-12-25-49(41)54-50(42)48)34-28-26-33(27-29-34)36-14-4-9-21-45(36)53-46-22-10-5-16-39(46)40-17-6-11-23-47(40)53/h3-32H,1-2H3. The van der Waals surface area contributed by atoms with Crippen molar-refractivity contribution >= 4 is 70.4 Å². The van der Waals surface area contributed by atoms with Crippen LogP contribution in [-0.2, 0) is 5.41 Å². The molecule has 0 atom stereocenters. The first-order chi connectivity index (χ1) is 26.6. The molecule has 0 spiro atoms. The highest BCUT2D eigenvalue weighted by atomic mass is 32.1. The van der Waals surface area contributed by atoms with Gasteiger partial charge in [-0.05, 0) is 82.4 Å². The van der Waals surface area contributed by atoms with Crippen molar-refractivity contribution in [1.82, 2.24) is 4.57 Å². The van der Waals surface area contributed by atoms with Crippen molar-refractivity contribution in [3.8, 4) is 27.9 Å². The molecule has 0 saturated carbocycles. The molecule has 54 heavy (non-hydrogen) atoms. The Morgan fingerprint density at radius 1 is 0.463 bits per heavy atom. The van der Waals surface area contributed by atoms with Gasteiger partial charge in [0.1, 0.15) is 0 Å². The van der Waals surface area contributed by atoms with Gasteiger partial charge >= 0.3 is 0 Å². The number of para-hydroxylation sites is 3. The molecule has 0 N–H and O–H groups in total. The lowest BCUT2D eigenvalue weighted by molar-refractivity contribution is 0.660. The van der Waals surface area contributed by atoms with Crippen LogP contribution in [0.3, 0.4) is 0 Å². The Morgan fingerprint density at radius 3 is 1.83 bits per heavy atom. The quantitative estimate of drug-likeness (QED) is 0.173. The molecular weight excluding hydrogens is 673 g/mol. The second kappa shape index (κ2) is 11.8. The molecule has 2 aromatic heterocycles. The maximum absolute atomic E-state index is 2.47. The van der Waals surface area contributed by atoms with Crippen LogP contribution in [0.15, 0.2) is 182 Å². The van der Waals surface area contributed by atoms with Crippen LogP contribution < -0.4 is 4.90 Å². The third-order valence-electron chi connectivity index (χ3n) is 11.6. The minimum Gasteiger partial charge on any atom is -0.309 e. The SMILES string of the molecule is CC1(C)c2ccccc2-c2ccc(N(c3ccc(-c4ccccc4-n4c5ccccc5c5ccccc54)cc3)c3cccc4c3sc3ccccc34)cc21. The normalized spacial score (nSPS) is 13.1. The molecule has 10 aromatic rings. The van der Waals surface area contributed by atoms with Crippen LogP contribution in [0.5, 0.6) is 0 Å². The van der Waals surface area contributed by atoms with Crippen molar-refractivity contribution < 1.29 is 0 Å². The van der Waals surface area contributed by atoms with Crippen molar-refractivity contribution in [2.24, 2.45) is 0 Å². The van der Waals surface area contributed by atoms with E-state index in [1.165, 1.54) is 86.7 Å². The van der Waals surface area contributed by atoms with E-state index >= 15 is 0 Å². The second-order valence-corrected chi connectivity index (χ2v) is 16.0. The molecule has 0 fully saturated rings. The summed E-state index contributed by atoms with van der Waals surface area (Å²) in [6.07, 6.45) is 0. The summed E-state index contributed by atoms with van der Waals surface area (Å²) >= 11 is 1.88.